The van der Waals surface area contributed by atoms with Crippen molar-refractivity contribution < 1.29 is 13.2 Å². The van der Waals surface area contributed by atoms with E-state index in [9.17, 15) is 13.2 Å². The molecule has 1 amide bonds. The van der Waals surface area contributed by atoms with Crippen LogP contribution in [-0.4, -0.2) is 30.5 Å². The van der Waals surface area contributed by atoms with Gasteiger partial charge in [0.15, 0.2) is 14.9 Å². The average molecular weight is 370 g/mol. The van der Waals surface area contributed by atoms with Gasteiger partial charge >= 0.3 is 0 Å². The second kappa shape index (κ2) is 6.72. The van der Waals surface area contributed by atoms with E-state index in [1.807, 2.05) is 24.3 Å². The van der Waals surface area contributed by atoms with Crippen LogP contribution in [0.4, 0.5) is 11.5 Å². The maximum atomic E-state index is 12.2. The number of carbonyl (C=O) groups excluding carboxylic acids is 1. The first-order valence-electron chi connectivity index (χ1n) is 7.84. The van der Waals surface area contributed by atoms with Crippen LogP contribution < -0.4 is 10.6 Å². The lowest BCUT2D eigenvalue weighted by molar-refractivity contribution is -0.116. The number of pyridine rings is 2. The molecule has 7 nitrogen and oxygen atoms in total. The normalized spacial score (nSPS) is 11.5. The molecule has 0 spiro atoms. The third-order valence-corrected chi connectivity index (χ3v) is 4.91. The topological polar surface area (TPSA) is 106 Å². The Hall–Kier alpha value is -3.00. The van der Waals surface area contributed by atoms with Gasteiger partial charge in [-0.05, 0) is 35.9 Å². The summed E-state index contributed by atoms with van der Waals surface area (Å²) < 4.78 is 24.0. The van der Waals surface area contributed by atoms with Crippen molar-refractivity contribution in [2.45, 2.75) is 18.5 Å². The summed E-state index contributed by atoms with van der Waals surface area (Å²) in [5.74, 6) is 0.119. The van der Waals surface area contributed by atoms with E-state index in [0.717, 1.165) is 17.2 Å². The zero-order valence-corrected chi connectivity index (χ0v) is 15.2. The molecular formula is C18H18N4O3S. The second-order valence-electron chi connectivity index (χ2n) is 5.97. The van der Waals surface area contributed by atoms with E-state index in [1.165, 1.54) is 18.0 Å². The van der Waals surface area contributed by atoms with Crippen molar-refractivity contribution >= 4 is 38.2 Å². The molecule has 0 radical (unpaired) electrons. The van der Waals surface area contributed by atoms with E-state index < -0.39 is 9.84 Å². The Balaban J connectivity index is 2.05. The molecule has 0 fully saturated rings. The first kappa shape index (κ1) is 17.8. The molecule has 134 valence electrons. The summed E-state index contributed by atoms with van der Waals surface area (Å²) in [6, 6.07) is 12.3. The van der Waals surface area contributed by atoms with Gasteiger partial charge in [0.1, 0.15) is 5.82 Å². The van der Waals surface area contributed by atoms with E-state index in [1.54, 1.807) is 18.2 Å². The summed E-state index contributed by atoms with van der Waals surface area (Å²) >= 11 is 0. The SMILES string of the molecule is CC(=O)N(Cc1ccc2ccc(N)nc2c1)c1cccnc1S(C)(=O)=O. The summed E-state index contributed by atoms with van der Waals surface area (Å²) in [7, 11) is -3.58. The molecule has 26 heavy (non-hydrogen) atoms. The monoisotopic (exact) mass is 370 g/mol. The number of amides is 1. The Morgan fingerprint density at radius 3 is 2.62 bits per heavy atom. The fraction of sp³-hybridized carbons (Fsp3) is 0.167. The van der Waals surface area contributed by atoms with Crippen molar-refractivity contribution in [1.29, 1.82) is 0 Å². The van der Waals surface area contributed by atoms with Gasteiger partial charge in [-0.25, -0.2) is 18.4 Å². The highest BCUT2D eigenvalue weighted by molar-refractivity contribution is 7.90. The van der Waals surface area contributed by atoms with Gasteiger partial charge in [0.25, 0.3) is 0 Å². The number of hydrogen-bond donors (Lipinski definition) is 1. The second-order valence-corrected chi connectivity index (χ2v) is 7.90. The Morgan fingerprint density at radius 1 is 1.19 bits per heavy atom. The number of benzene rings is 1. The molecule has 0 saturated carbocycles. The van der Waals surface area contributed by atoms with E-state index in [4.69, 9.17) is 5.73 Å². The van der Waals surface area contributed by atoms with Crippen LogP contribution in [0.3, 0.4) is 0 Å². The highest BCUT2D eigenvalue weighted by Crippen LogP contribution is 2.25. The zero-order chi connectivity index (χ0) is 18.9. The van der Waals surface area contributed by atoms with Crippen molar-refractivity contribution in [3.63, 3.8) is 0 Å². The molecule has 0 atom stereocenters. The van der Waals surface area contributed by atoms with Gasteiger partial charge < -0.3 is 10.6 Å². The number of aromatic nitrogens is 2. The molecule has 0 aliphatic carbocycles. The minimum atomic E-state index is -3.58. The van der Waals surface area contributed by atoms with E-state index in [0.29, 0.717) is 11.3 Å². The number of hydrogen-bond acceptors (Lipinski definition) is 6. The zero-order valence-electron chi connectivity index (χ0n) is 14.4. The molecule has 0 unspecified atom stereocenters. The molecule has 2 N–H and O–H groups in total. The van der Waals surface area contributed by atoms with E-state index in [-0.39, 0.29) is 23.2 Å². The highest BCUT2D eigenvalue weighted by atomic mass is 32.2. The smallest absolute Gasteiger partial charge is 0.224 e. The number of carbonyl (C=O) groups is 1. The Labute approximate surface area is 151 Å². The van der Waals surface area contributed by atoms with Gasteiger partial charge in [-0.3, -0.25) is 4.79 Å². The van der Waals surface area contributed by atoms with Gasteiger partial charge in [0.2, 0.25) is 5.91 Å². The Morgan fingerprint density at radius 2 is 1.92 bits per heavy atom. The van der Waals surface area contributed by atoms with Crippen LogP contribution in [-0.2, 0) is 21.2 Å². The van der Waals surface area contributed by atoms with E-state index in [2.05, 4.69) is 9.97 Å². The molecule has 3 rings (SSSR count). The lowest BCUT2D eigenvalue weighted by Gasteiger charge is -2.23. The number of nitrogens with zero attached hydrogens (tertiary/aromatic N) is 3. The van der Waals surface area contributed by atoms with Crippen LogP contribution >= 0.6 is 0 Å². The van der Waals surface area contributed by atoms with Crippen molar-refractivity contribution in [2.75, 3.05) is 16.9 Å². The van der Waals surface area contributed by atoms with Crippen LogP contribution in [0.15, 0.2) is 53.7 Å². The minimum absolute atomic E-state index is 0.127. The lowest BCUT2D eigenvalue weighted by atomic mass is 10.1. The van der Waals surface area contributed by atoms with Gasteiger partial charge in [-0.1, -0.05) is 12.1 Å². The van der Waals surface area contributed by atoms with Crippen LogP contribution in [0.5, 0.6) is 0 Å². The van der Waals surface area contributed by atoms with Crippen LogP contribution in [0, 0.1) is 0 Å². The molecule has 2 aromatic heterocycles. The molecule has 0 aliphatic rings. The van der Waals surface area contributed by atoms with Gasteiger partial charge in [-0.2, -0.15) is 0 Å². The molecule has 0 aliphatic heterocycles. The van der Waals surface area contributed by atoms with Gasteiger partial charge in [0.05, 0.1) is 17.7 Å². The molecule has 2 heterocycles. The van der Waals surface area contributed by atoms with Crippen LogP contribution in [0.2, 0.25) is 0 Å². The highest BCUT2D eigenvalue weighted by Gasteiger charge is 2.22. The summed E-state index contributed by atoms with van der Waals surface area (Å²) in [6.45, 7) is 1.58. The lowest BCUT2D eigenvalue weighted by Crippen LogP contribution is -2.29. The van der Waals surface area contributed by atoms with Crippen LogP contribution in [0.1, 0.15) is 12.5 Å². The standard InChI is InChI=1S/C18H18N4O3S/c1-12(23)22(16-4-3-9-20-18(16)26(2,24)25)11-13-5-6-14-7-8-17(19)21-15(14)10-13/h3-10H,11H2,1-2H3,(H2,19,21). The number of anilines is 2. The largest absolute Gasteiger partial charge is 0.384 e. The first-order valence-corrected chi connectivity index (χ1v) is 9.73. The fourth-order valence-electron chi connectivity index (χ4n) is 2.70. The van der Waals surface area contributed by atoms with Crippen molar-refractivity contribution in [2.24, 2.45) is 0 Å². The molecule has 3 aromatic rings. The van der Waals surface area contributed by atoms with Crippen LogP contribution in [0.25, 0.3) is 10.9 Å². The number of fused-ring (bicyclic) bond motifs is 1. The summed E-state index contributed by atoms with van der Waals surface area (Å²) in [5, 5.41) is 0.800. The molecule has 1 aromatic carbocycles. The van der Waals surface area contributed by atoms with E-state index >= 15 is 0 Å². The molecular weight excluding hydrogens is 352 g/mol. The minimum Gasteiger partial charge on any atom is -0.384 e. The molecule has 8 heteroatoms. The molecule has 0 bridgehead atoms. The number of nitrogens with two attached hydrogens (primary N) is 1. The summed E-state index contributed by atoms with van der Waals surface area (Å²) in [4.78, 5) is 21.8. The maximum absolute atomic E-state index is 12.2. The quantitative estimate of drug-likeness (QED) is 0.754. The Bertz CT molecular complexity index is 1100. The average Bonchev–Trinajstić information content (AvgIpc) is 2.58. The summed E-state index contributed by atoms with van der Waals surface area (Å²) in [5.41, 5.74) is 7.49. The third-order valence-electron chi connectivity index (χ3n) is 3.89. The number of sulfone groups is 1. The predicted octanol–water partition coefficient (Wildman–Crippen LogP) is 2.17. The van der Waals surface area contributed by atoms with Crippen molar-refractivity contribution in [3.8, 4) is 0 Å². The maximum Gasteiger partial charge on any atom is 0.224 e. The first-order chi connectivity index (χ1) is 12.3. The molecule has 0 saturated heterocycles. The predicted molar refractivity (Wildman–Crippen MR) is 100 cm³/mol. The van der Waals surface area contributed by atoms with Crippen molar-refractivity contribution in [3.05, 3.63) is 54.2 Å². The summed E-state index contributed by atoms with van der Waals surface area (Å²) in [6.07, 6.45) is 2.46. The fourth-order valence-corrected chi connectivity index (χ4v) is 3.51. The third kappa shape index (κ3) is 3.65. The van der Waals surface area contributed by atoms with Gasteiger partial charge in [-0.15, -0.1) is 0 Å². The number of nitrogen functional groups attached to an aromatic ring is 1. The van der Waals surface area contributed by atoms with Gasteiger partial charge in [0, 0.05) is 24.8 Å². The number of rotatable bonds is 4. The Kier molecular flexibility index (Phi) is 4.60. The van der Waals surface area contributed by atoms with Crippen molar-refractivity contribution in [1.82, 2.24) is 9.97 Å².